The number of nitrogens with one attached hydrogen (secondary N) is 1. The van der Waals surface area contributed by atoms with Gasteiger partial charge in [-0.1, -0.05) is 13.0 Å². The van der Waals surface area contributed by atoms with E-state index >= 15 is 0 Å². The topological polar surface area (TPSA) is 66.4 Å². The molecule has 0 bridgehead atoms. The minimum absolute atomic E-state index is 0.0209. The zero-order valence-electron chi connectivity index (χ0n) is 7.80. The van der Waals surface area contributed by atoms with Gasteiger partial charge in [-0.25, -0.2) is 13.1 Å². The van der Waals surface area contributed by atoms with E-state index in [2.05, 4.69) is 4.72 Å². The van der Waals surface area contributed by atoms with Crippen molar-refractivity contribution < 1.29 is 13.5 Å². The van der Waals surface area contributed by atoms with Gasteiger partial charge in [0, 0.05) is 13.2 Å². The molecule has 1 aromatic heterocycles. The van der Waals surface area contributed by atoms with Gasteiger partial charge in [-0.2, -0.15) is 0 Å². The van der Waals surface area contributed by atoms with Gasteiger partial charge in [-0.3, -0.25) is 0 Å². The third-order valence-corrected chi connectivity index (χ3v) is 4.51. The fourth-order valence-corrected chi connectivity index (χ4v) is 3.01. The van der Waals surface area contributed by atoms with E-state index in [0.29, 0.717) is 4.21 Å². The van der Waals surface area contributed by atoms with Gasteiger partial charge >= 0.3 is 0 Å². The van der Waals surface area contributed by atoms with Crippen LogP contribution in [0.4, 0.5) is 0 Å². The van der Waals surface area contributed by atoms with Crippen molar-refractivity contribution in [1.29, 1.82) is 0 Å². The molecule has 1 unspecified atom stereocenters. The third kappa shape index (κ3) is 3.06. The van der Waals surface area contributed by atoms with Crippen LogP contribution in [-0.4, -0.2) is 26.7 Å². The van der Waals surface area contributed by atoms with Crippen molar-refractivity contribution in [3.8, 4) is 0 Å². The van der Waals surface area contributed by atoms with Crippen molar-refractivity contribution in [3.63, 3.8) is 0 Å². The molecule has 0 aromatic carbocycles. The van der Waals surface area contributed by atoms with Gasteiger partial charge in [0.15, 0.2) is 0 Å². The molecule has 0 aliphatic carbocycles. The minimum Gasteiger partial charge on any atom is -0.396 e. The molecule has 4 nitrogen and oxygen atoms in total. The molecule has 0 amide bonds. The first-order valence-corrected chi connectivity index (χ1v) is 6.56. The van der Waals surface area contributed by atoms with Crippen LogP contribution in [-0.2, 0) is 10.0 Å². The van der Waals surface area contributed by atoms with E-state index in [-0.39, 0.29) is 19.1 Å². The lowest BCUT2D eigenvalue weighted by Crippen LogP contribution is -2.29. The number of aliphatic hydroxyl groups is 1. The lowest BCUT2D eigenvalue weighted by atomic mass is 10.2. The summed E-state index contributed by atoms with van der Waals surface area (Å²) in [5.41, 5.74) is 0. The molecule has 6 heteroatoms. The van der Waals surface area contributed by atoms with Gasteiger partial charge < -0.3 is 5.11 Å². The van der Waals surface area contributed by atoms with Crippen molar-refractivity contribution in [2.75, 3.05) is 13.2 Å². The molecule has 1 heterocycles. The smallest absolute Gasteiger partial charge is 0.250 e. The highest BCUT2D eigenvalue weighted by Crippen LogP contribution is 2.15. The second-order valence-corrected chi connectivity index (χ2v) is 6.01. The van der Waals surface area contributed by atoms with Crippen LogP contribution in [0.5, 0.6) is 0 Å². The third-order valence-electron chi connectivity index (χ3n) is 1.69. The highest BCUT2D eigenvalue weighted by Gasteiger charge is 2.15. The van der Waals surface area contributed by atoms with Gasteiger partial charge in [-0.15, -0.1) is 11.3 Å². The van der Waals surface area contributed by atoms with Gasteiger partial charge in [0.05, 0.1) is 0 Å². The average Bonchev–Trinajstić information content (AvgIpc) is 2.67. The van der Waals surface area contributed by atoms with E-state index in [4.69, 9.17) is 5.11 Å². The number of aliphatic hydroxyl groups excluding tert-OH is 1. The van der Waals surface area contributed by atoms with Crippen molar-refractivity contribution in [1.82, 2.24) is 4.72 Å². The number of hydrogen-bond donors (Lipinski definition) is 2. The SMILES string of the molecule is CC(CO)CNS(=O)(=O)c1cccs1. The predicted octanol–water partition coefficient (Wildman–Crippen LogP) is 0.655. The Balaban J connectivity index is 2.60. The number of hydrogen-bond acceptors (Lipinski definition) is 4. The largest absolute Gasteiger partial charge is 0.396 e. The highest BCUT2D eigenvalue weighted by atomic mass is 32.2. The first-order chi connectivity index (χ1) is 6.56. The Kier molecular flexibility index (Phi) is 4.06. The molecule has 0 spiro atoms. The summed E-state index contributed by atoms with van der Waals surface area (Å²) >= 11 is 1.18. The molecule has 2 N–H and O–H groups in total. The molecule has 80 valence electrons. The normalized spacial score (nSPS) is 14.1. The van der Waals surface area contributed by atoms with E-state index in [1.807, 2.05) is 0 Å². The quantitative estimate of drug-likeness (QED) is 0.787. The summed E-state index contributed by atoms with van der Waals surface area (Å²) in [7, 11) is -3.36. The lowest BCUT2D eigenvalue weighted by Gasteiger charge is -2.08. The van der Waals surface area contributed by atoms with Gasteiger partial charge in [-0.05, 0) is 17.4 Å². The summed E-state index contributed by atoms with van der Waals surface area (Å²) in [5.74, 6) is -0.0651. The molecule has 0 aliphatic heterocycles. The standard InChI is InChI=1S/C8H13NO3S2/c1-7(6-10)5-9-14(11,12)8-3-2-4-13-8/h2-4,7,9-10H,5-6H2,1H3. The molecule has 0 fully saturated rings. The van der Waals surface area contributed by atoms with Crippen LogP contribution in [0.1, 0.15) is 6.92 Å². The van der Waals surface area contributed by atoms with Crippen LogP contribution in [0, 0.1) is 5.92 Å². The monoisotopic (exact) mass is 235 g/mol. The lowest BCUT2D eigenvalue weighted by molar-refractivity contribution is 0.238. The van der Waals surface area contributed by atoms with Crippen molar-refractivity contribution in [2.45, 2.75) is 11.1 Å². The van der Waals surface area contributed by atoms with Gasteiger partial charge in [0.25, 0.3) is 0 Å². The minimum atomic E-state index is -3.36. The Morgan fingerprint density at radius 1 is 1.64 bits per heavy atom. The molecule has 0 saturated carbocycles. The Morgan fingerprint density at radius 3 is 2.86 bits per heavy atom. The summed E-state index contributed by atoms with van der Waals surface area (Å²) in [6.45, 7) is 2.01. The molecule has 0 saturated heterocycles. The number of thiophene rings is 1. The van der Waals surface area contributed by atoms with Crippen LogP contribution < -0.4 is 4.72 Å². The second kappa shape index (κ2) is 4.88. The highest BCUT2D eigenvalue weighted by molar-refractivity contribution is 7.91. The Labute approximate surface area is 87.6 Å². The van der Waals surface area contributed by atoms with Crippen molar-refractivity contribution >= 4 is 21.4 Å². The van der Waals surface area contributed by atoms with Gasteiger partial charge in [0.1, 0.15) is 4.21 Å². The van der Waals surface area contributed by atoms with E-state index < -0.39 is 10.0 Å². The zero-order valence-corrected chi connectivity index (χ0v) is 9.44. The first-order valence-electron chi connectivity index (χ1n) is 4.20. The van der Waals surface area contributed by atoms with Crippen LogP contribution in [0.25, 0.3) is 0 Å². The summed E-state index contributed by atoms with van der Waals surface area (Å²) in [4.78, 5) is 0. The maximum Gasteiger partial charge on any atom is 0.250 e. The summed E-state index contributed by atoms with van der Waals surface area (Å²) < 4.78 is 25.8. The van der Waals surface area contributed by atoms with E-state index in [9.17, 15) is 8.42 Å². The molecular formula is C8H13NO3S2. The van der Waals surface area contributed by atoms with E-state index in [0.717, 1.165) is 0 Å². The second-order valence-electron chi connectivity index (χ2n) is 3.07. The fourth-order valence-electron chi connectivity index (χ4n) is 0.804. The van der Waals surface area contributed by atoms with Crippen LogP contribution in [0.3, 0.4) is 0 Å². The zero-order chi connectivity index (χ0) is 10.6. The maximum absolute atomic E-state index is 11.5. The number of rotatable bonds is 5. The van der Waals surface area contributed by atoms with Crippen LogP contribution in [0.2, 0.25) is 0 Å². The van der Waals surface area contributed by atoms with Crippen molar-refractivity contribution in [3.05, 3.63) is 17.5 Å². The molecule has 1 aromatic rings. The van der Waals surface area contributed by atoms with Crippen LogP contribution >= 0.6 is 11.3 Å². The van der Waals surface area contributed by atoms with Gasteiger partial charge in [0.2, 0.25) is 10.0 Å². The first kappa shape index (κ1) is 11.6. The van der Waals surface area contributed by atoms with E-state index in [1.54, 1.807) is 24.4 Å². The molecule has 1 atom stereocenters. The number of sulfonamides is 1. The Morgan fingerprint density at radius 2 is 2.36 bits per heavy atom. The van der Waals surface area contributed by atoms with E-state index in [1.165, 1.54) is 11.3 Å². The van der Waals surface area contributed by atoms with Crippen LogP contribution in [0.15, 0.2) is 21.7 Å². The Bertz CT molecular complexity index is 358. The molecule has 1 rings (SSSR count). The van der Waals surface area contributed by atoms with Crippen molar-refractivity contribution in [2.24, 2.45) is 5.92 Å². The molecular weight excluding hydrogens is 222 g/mol. The summed E-state index contributed by atoms with van der Waals surface area (Å²) in [6, 6.07) is 3.24. The Hall–Kier alpha value is -0.430. The fraction of sp³-hybridized carbons (Fsp3) is 0.500. The molecule has 0 aliphatic rings. The predicted molar refractivity (Wildman–Crippen MR) is 55.8 cm³/mol. The molecule has 0 radical (unpaired) electrons. The molecule has 14 heavy (non-hydrogen) atoms. The summed E-state index contributed by atoms with van der Waals surface area (Å²) in [6.07, 6.45) is 0. The maximum atomic E-state index is 11.5. The summed E-state index contributed by atoms with van der Waals surface area (Å²) in [5, 5.41) is 10.4. The average molecular weight is 235 g/mol.